The molecule has 2 aliphatic rings. The second-order valence-electron chi connectivity index (χ2n) is 11.0. The Hall–Kier alpha value is -3.81. The van der Waals surface area contributed by atoms with Crippen molar-refractivity contribution in [1.29, 1.82) is 0 Å². The minimum Gasteiger partial charge on any atom is -0.468 e. The number of alkyl halides is 2. The van der Waals surface area contributed by atoms with Crippen LogP contribution in [0.2, 0.25) is 0 Å². The zero-order chi connectivity index (χ0) is 30.1. The number of nitrogens with zero attached hydrogens (tertiary/aromatic N) is 6. The second kappa shape index (κ2) is 11.8. The Labute approximate surface area is 243 Å². The van der Waals surface area contributed by atoms with E-state index in [-0.39, 0.29) is 25.9 Å². The molecule has 42 heavy (non-hydrogen) atoms. The number of rotatable bonds is 8. The van der Waals surface area contributed by atoms with Gasteiger partial charge in [-0.05, 0) is 49.9 Å². The van der Waals surface area contributed by atoms with Gasteiger partial charge in [-0.2, -0.15) is 5.10 Å². The Balaban J connectivity index is 1.45. The first kappa shape index (κ1) is 29.7. The largest absolute Gasteiger partial charge is 0.468 e. The summed E-state index contributed by atoms with van der Waals surface area (Å²) in [5, 5.41) is 4.60. The summed E-state index contributed by atoms with van der Waals surface area (Å²) in [7, 11) is -2.82. The van der Waals surface area contributed by atoms with Gasteiger partial charge in [-0.3, -0.25) is 9.52 Å². The summed E-state index contributed by atoms with van der Waals surface area (Å²) in [6.45, 7) is 6.01. The van der Waals surface area contributed by atoms with E-state index in [4.69, 9.17) is 0 Å². The van der Waals surface area contributed by atoms with Gasteiger partial charge in [-0.25, -0.2) is 31.8 Å². The van der Waals surface area contributed by atoms with Gasteiger partial charge in [0.1, 0.15) is 0 Å². The number of aryl methyl sites for hydroxylation is 1. The van der Waals surface area contributed by atoms with Gasteiger partial charge in [0.15, 0.2) is 5.75 Å². The van der Waals surface area contributed by atoms with Crippen LogP contribution in [0.25, 0.3) is 16.9 Å². The fourth-order valence-electron chi connectivity index (χ4n) is 5.18. The number of ether oxygens (including phenoxy) is 1. The normalized spacial score (nSPS) is 17.7. The number of nitrogens with one attached hydrogen (secondary N) is 1. The molecular weight excluding hydrogens is 568 g/mol. The lowest BCUT2D eigenvalue weighted by molar-refractivity contribution is -0.137. The molecule has 5 rings (SSSR count). The molecule has 0 unspecified atom stereocenters. The summed E-state index contributed by atoms with van der Waals surface area (Å²) < 4.78 is 61.1. The summed E-state index contributed by atoms with van der Waals surface area (Å²) >= 11 is 0. The predicted molar refractivity (Wildman–Crippen MR) is 156 cm³/mol. The number of methoxy groups -OCH3 is 1. The molecule has 2 aliphatic heterocycles. The fraction of sp³-hybridized carbons (Fsp3) is 0.500. The molecule has 0 bridgehead atoms. The summed E-state index contributed by atoms with van der Waals surface area (Å²) in [4.78, 5) is 24.7. The third-order valence-corrected chi connectivity index (χ3v) is 8.82. The second-order valence-corrected chi connectivity index (χ2v) is 12.7. The van der Waals surface area contributed by atoms with Crippen LogP contribution in [0.3, 0.4) is 0 Å². The van der Waals surface area contributed by atoms with Crippen molar-refractivity contribution in [2.24, 2.45) is 5.92 Å². The molecule has 0 spiro atoms. The summed E-state index contributed by atoms with van der Waals surface area (Å²) in [6, 6.07) is 6.99. The van der Waals surface area contributed by atoms with E-state index in [2.05, 4.69) is 36.3 Å². The maximum Gasteiger partial charge on any atom is 0.322 e. The molecule has 0 atom stereocenters. The van der Waals surface area contributed by atoms with Crippen molar-refractivity contribution in [1.82, 2.24) is 19.7 Å². The fourth-order valence-corrected chi connectivity index (χ4v) is 6.16. The van der Waals surface area contributed by atoms with Crippen molar-refractivity contribution in [3.63, 3.8) is 0 Å². The zero-order valence-electron chi connectivity index (χ0n) is 23.9. The highest BCUT2D eigenvalue weighted by Gasteiger charge is 2.35. The number of hydrogen-bond donors (Lipinski definition) is 1. The number of carbonyl (C=O) groups excluding carboxylic acids is 1. The Morgan fingerprint density at radius 1 is 1.07 bits per heavy atom. The molecule has 3 aromatic rings. The minimum absolute atomic E-state index is 0.183. The summed E-state index contributed by atoms with van der Waals surface area (Å²) in [5.41, 5.74) is 3.94. The molecule has 14 heteroatoms. The number of piperidine rings is 2. The molecule has 2 saturated heterocycles. The molecule has 11 nitrogen and oxygen atoms in total. The molecule has 4 heterocycles. The van der Waals surface area contributed by atoms with Crippen molar-refractivity contribution in [3.8, 4) is 16.9 Å². The lowest BCUT2D eigenvalue weighted by Crippen LogP contribution is -2.40. The van der Waals surface area contributed by atoms with Crippen LogP contribution in [0.1, 0.15) is 38.3 Å². The lowest BCUT2D eigenvalue weighted by atomic mass is 9.98. The average Bonchev–Trinajstić information content (AvgIpc) is 3.43. The van der Waals surface area contributed by atoms with E-state index in [1.54, 1.807) is 34.0 Å². The van der Waals surface area contributed by atoms with Gasteiger partial charge in [-0.1, -0.05) is 6.92 Å². The van der Waals surface area contributed by atoms with Crippen molar-refractivity contribution in [2.45, 2.75) is 45.5 Å². The Morgan fingerprint density at radius 2 is 1.79 bits per heavy atom. The Morgan fingerprint density at radius 3 is 2.48 bits per heavy atom. The van der Waals surface area contributed by atoms with Crippen molar-refractivity contribution < 1.29 is 26.7 Å². The van der Waals surface area contributed by atoms with Crippen LogP contribution in [-0.2, 0) is 19.6 Å². The molecule has 226 valence electrons. The first-order chi connectivity index (χ1) is 19.9. The number of halogens is 2. The number of sulfonamides is 1. The van der Waals surface area contributed by atoms with Crippen LogP contribution in [0.5, 0.6) is 0 Å². The van der Waals surface area contributed by atoms with E-state index in [0.717, 1.165) is 50.0 Å². The first-order valence-corrected chi connectivity index (χ1v) is 15.6. The van der Waals surface area contributed by atoms with Crippen LogP contribution in [0.4, 0.5) is 26.1 Å². The van der Waals surface area contributed by atoms with Gasteiger partial charge in [0.25, 0.3) is 5.92 Å². The number of aromatic nitrogens is 4. The number of carbonyl (C=O) groups is 1. The number of esters is 1. The quantitative estimate of drug-likeness (QED) is 0.381. The van der Waals surface area contributed by atoms with Crippen LogP contribution < -0.4 is 14.5 Å². The van der Waals surface area contributed by atoms with Gasteiger partial charge in [0.05, 0.1) is 36.1 Å². The maximum atomic E-state index is 13.7. The third-order valence-electron chi connectivity index (χ3n) is 7.65. The van der Waals surface area contributed by atoms with Gasteiger partial charge in [-0.15, -0.1) is 0 Å². The molecule has 0 saturated carbocycles. The highest BCUT2D eigenvalue weighted by Crippen LogP contribution is 2.33. The SMILES string of the molecule is COC(=O)CS(=O)(=O)Nc1ccc(-n2cc(-c3cc(C)nc(N4CCC(F)(F)CC4)n3)cn2)c(N2CCC(C)CC2)c1. The predicted octanol–water partition coefficient (Wildman–Crippen LogP) is 4.02. The Kier molecular flexibility index (Phi) is 8.35. The van der Waals surface area contributed by atoms with E-state index in [1.165, 1.54) is 0 Å². The molecule has 0 aliphatic carbocycles. The molecule has 0 amide bonds. The summed E-state index contributed by atoms with van der Waals surface area (Å²) in [6.07, 6.45) is 5.04. The van der Waals surface area contributed by atoms with Crippen LogP contribution in [-0.4, -0.2) is 79.1 Å². The van der Waals surface area contributed by atoms with Gasteiger partial charge in [0, 0.05) is 56.5 Å². The molecule has 1 N–H and O–H groups in total. The molecule has 1 aromatic carbocycles. The van der Waals surface area contributed by atoms with Gasteiger partial charge < -0.3 is 14.5 Å². The minimum atomic E-state index is -3.96. The highest BCUT2D eigenvalue weighted by atomic mass is 32.2. The molecule has 0 radical (unpaired) electrons. The van der Waals surface area contributed by atoms with Crippen molar-refractivity contribution >= 4 is 33.3 Å². The van der Waals surface area contributed by atoms with E-state index in [0.29, 0.717) is 28.9 Å². The average molecular weight is 604 g/mol. The van der Waals surface area contributed by atoms with E-state index in [9.17, 15) is 22.0 Å². The van der Waals surface area contributed by atoms with E-state index in [1.807, 2.05) is 19.2 Å². The standard InChI is InChI=1S/C28H35F2N7O4S/c1-19-6-10-35(11-7-19)25-15-22(34-42(39,40)18-26(38)41-3)4-5-24(25)37-17-21(16-31-37)23-14-20(2)32-27(33-23)36-12-8-28(29,30)9-13-36/h4-5,14-17,19,34H,6-13,18H2,1-3H3. The zero-order valence-corrected chi connectivity index (χ0v) is 24.7. The smallest absolute Gasteiger partial charge is 0.322 e. The lowest BCUT2D eigenvalue weighted by Gasteiger charge is -2.33. The van der Waals surface area contributed by atoms with Gasteiger partial charge >= 0.3 is 5.97 Å². The van der Waals surface area contributed by atoms with Crippen LogP contribution >= 0.6 is 0 Å². The topological polar surface area (TPSA) is 123 Å². The maximum absolute atomic E-state index is 13.7. The third kappa shape index (κ3) is 6.97. The number of anilines is 3. The van der Waals surface area contributed by atoms with Crippen molar-refractivity contribution in [2.75, 3.05) is 53.6 Å². The Bertz CT molecular complexity index is 1550. The van der Waals surface area contributed by atoms with E-state index >= 15 is 0 Å². The van der Waals surface area contributed by atoms with Crippen LogP contribution in [0, 0.1) is 12.8 Å². The monoisotopic (exact) mass is 603 g/mol. The number of hydrogen-bond acceptors (Lipinski definition) is 9. The molecule has 2 aromatic heterocycles. The summed E-state index contributed by atoms with van der Waals surface area (Å²) in [5.74, 6) is -3.30. The highest BCUT2D eigenvalue weighted by molar-refractivity contribution is 7.93. The number of benzene rings is 1. The van der Waals surface area contributed by atoms with Crippen LogP contribution in [0.15, 0.2) is 36.7 Å². The van der Waals surface area contributed by atoms with Gasteiger partial charge in [0.2, 0.25) is 16.0 Å². The molecular formula is C28H35F2N7O4S. The first-order valence-electron chi connectivity index (χ1n) is 13.9. The van der Waals surface area contributed by atoms with E-state index < -0.39 is 27.7 Å². The van der Waals surface area contributed by atoms with Crippen molar-refractivity contribution in [3.05, 3.63) is 42.4 Å². The molecule has 2 fully saturated rings.